The fourth-order valence-corrected chi connectivity index (χ4v) is 3.19. The molecule has 1 aliphatic carbocycles. The van der Waals surface area contributed by atoms with E-state index in [1.807, 2.05) is 30.3 Å². The molecule has 3 rings (SSSR count). The highest BCUT2D eigenvalue weighted by Gasteiger charge is 2.26. The summed E-state index contributed by atoms with van der Waals surface area (Å²) in [5, 5.41) is 3.17. The quantitative estimate of drug-likeness (QED) is 0.881. The van der Waals surface area contributed by atoms with Crippen LogP contribution in [0.4, 0.5) is 0 Å². The van der Waals surface area contributed by atoms with E-state index in [0.29, 0.717) is 0 Å². The van der Waals surface area contributed by atoms with Crippen LogP contribution in [0.1, 0.15) is 45.1 Å². The number of carbonyl (C=O) groups is 1. The molecule has 2 aromatic rings. The van der Waals surface area contributed by atoms with E-state index in [-0.39, 0.29) is 11.9 Å². The van der Waals surface area contributed by atoms with Gasteiger partial charge >= 0.3 is 0 Å². The van der Waals surface area contributed by atoms with Crippen LogP contribution in [0, 0.1) is 13.8 Å². The number of amides is 1. The zero-order chi connectivity index (χ0) is 14.1. The molecular weight excluding hydrogens is 246 g/mol. The topological polar surface area (TPSA) is 29.1 Å². The third-order valence-corrected chi connectivity index (χ3v) is 4.01. The van der Waals surface area contributed by atoms with Crippen molar-refractivity contribution < 1.29 is 4.79 Å². The molecule has 2 heteroatoms. The third-order valence-electron chi connectivity index (χ3n) is 4.01. The second-order valence-corrected chi connectivity index (χ2v) is 5.59. The van der Waals surface area contributed by atoms with Crippen LogP contribution in [0.2, 0.25) is 0 Å². The summed E-state index contributed by atoms with van der Waals surface area (Å²) in [6.07, 6.45) is 2.05. The molecule has 0 fully saturated rings. The fraction of sp³-hybridized carbons (Fsp3) is 0.278. The van der Waals surface area contributed by atoms with Crippen LogP contribution in [-0.2, 0) is 6.42 Å². The van der Waals surface area contributed by atoms with Crippen LogP contribution >= 0.6 is 0 Å². The van der Waals surface area contributed by atoms with E-state index in [1.165, 1.54) is 22.3 Å². The molecule has 2 aromatic carbocycles. The number of nitrogens with one attached hydrogen (secondary N) is 1. The molecular formula is C18H19NO. The van der Waals surface area contributed by atoms with Crippen LogP contribution in [-0.4, -0.2) is 5.91 Å². The van der Waals surface area contributed by atoms with Gasteiger partial charge in [0.2, 0.25) is 0 Å². The highest BCUT2D eigenvalue weighted by molar-refractivity contribution is 5.94. The molecule has 2 nitrogen and oxygen atoms in total. The fourth-order valence-electron chi connectivity index (χ4n) is 3.19. The van der Waals surface area contributed by atoms with Gasteiger partial charge in [-0.25, -0.2) is 0 Å². The zero-order valence-corrected chi connectivity index (χ0v) is 11.9. The van der Waals surface area contributed by atoms with Crippen molar-refractivity contribution in [2.45, 2.75) is 32.7 Å². The van der Waals surface area contributed by atoms with Gasteiger partial charge in [-0.15, -0.1) is 0 Å². The Hall–Kier alpha value is -2.09. The van der Waals surface area contributed by atoms with Crippen molar-refractivity contribution in [2.75, 3.05) is 0 Å². The number of carbonyl (C=O) groups excluding carboxylic acids is 1. The number of rotatable bonds is 2. The van der Waals surface area contributed by atoms with E-state index in [0.717, 1.165) is 18.4 Å². The Kier molecular flexibility index (Phi) is 3.31. The number of benzene rings is 2. The molecule has 0 spiro atoms. The molecule has 102 valence electrons. The Balaban J connectivity index is 1.84. The summed E-state index contributed by atoms with van der Waals surface area (Å²) in [4.78, 5) is 12.3. The van der Waals surface area contributed by atoms with Gasteiger partial charge in [0.05, 0.1) is 6.04 Å². The van der Waals surface area contributed by atoms with Crippen molar-refractivity contribution in [1.82, 2.24) is 5.32 Å². The Morgan fingerprint density at radius 3 is 2.65 bits per heavy atom. The Morgan fingerprint density at radius 2 is 1.90 bits per heavy atom. The molecule has 1 amide bonds. The third kappa shape index (κ3) is 2.34. The highest BCUT2D eigenvalue weighted by Crippen LogP contribution is 2.34. The average Bonchev–Trinajstić information content (AvgIpc) is 2.82. The van der Waals surface area contributed by atoms with Crippen LogP contribution < -0.4 is 5.32 Å². The van der Waals surface area contributed by atoms with Crippen molar-refractivity contribution in [3.8, 4) is 0 Å². The van der Waals surface area contributed by atoms with E-state index < -0.39 is 0 Å². The Morgan fingerprint density at radius 1 is 1.15 bits per heavy atom. The first-order chi connectivity index (χ1) is 9.65. The van der Waals surface area contributed by atoms with Crippen molar-refractivity contribution in [1.29, 1.82) is 0 Å². The van der Waals surface area contributed by atoms with Crippen LogP contribution in [0.5, 0.6) is 0 Å². The van der Waals surface area contributed by atoms with Crippen molar-refractivity contribution in [3.05, 3.63) is 70.3 Å². The molecule has 0 bridgehead atoms. The standard InChI is InChI=1S/C18H19NO/c1-12-10-13(2)17-15(11-12)8-9-16(17)19-18(20)14-6-4-3-5-7-14/h3-7,10-11,16H,8-9H2,1-2H3,(H,19,20). The number of fused-ring (bicyclic) bond motifs is 1. The predicted molar refractivity (Wildman–Crippen MR) is 80.9 cm³/mol. The minimum Gasteiger partial charge on any atom is -0.345 e. The largest absolute Gasteiger partial charge is 0.345 e. The molecule has 1 aliphatic rings. The molecule has 1 N–H and O–H groups in total. The summed E-state index contributed by atoms with van der Waals surface area (Å²) in [5.41, 5.74) is 6.03. The zero-order valence-electron chi connectivity index (χ0n) is 11.9. The minimum atomic E-state index is 0.0171. The monoisotopic (exact) mass is 265 g/mol. The van der Waals surface area contributed by atoms with Gasteiger partial charge in [0.1, 0.15) is 0 Å². The summed E-state index contributed by atoms with van der Waals surface area (Å²) in [7, 11) is 0. The van der Waals surface area contributed by atoms with Crippen LogP contribution in [0.25, 0.3) is 0 Å². The second kappa shape index (κ2) is 5.12. The molecule has 0 saturated heterocycles. The first-order valence-electron chi connectivity index (χ1n) is 7.11. The van der Waals surface area contributed by atoms with Crippen molar-refractivity contribution >= 4 is 5.91 Å². The van der Waals surface area contributed by atoms with Gasteiger partial charge < -0.3 is 5.32 Å². The predicted octanol–water partition coefficient (Wildman–Crippen LogP) is 3.72. The van der Waals surface area contributed by atoms with E-state index in [1.54, 1.807) is 0 Å². The lowest BCUT2D eigenvalue weighted by Gasteiger charge is -2.17. The average molecular weight is 265 g/mol. The van der Waals surface area contributed by atoms with E-state index in [4.69, 9.17) is 0 Å². The molecule has 0 radical (unpaired) electrons. The lowest BCUT2D eigenvalue weighted by Crippen LogP contribution is -2.27. The summed E-state index contributed by atoms with van der Waals surface area (Å²) >= 11 is 0. The molecule has 0 saturated carbocycles. The van der Waals surface area contributed by atoms with E-state index in [2.05, 4.69) is 31.3 Å². The minimum absolute atomic E-state index is 0.0171. The molecule has 1 unspecified atom stereocenters. The summed E-state index contributed by atoms with van der Waals surface area (Å²) in [6, 6.07) is 14.0. The molecule has 0 aromatic heterocycles. The first kappa shape index (κ1) is 12.9. The van der Waals surface area contributed by atoms with Crippen molar-refractivity contribution in [3.63, 3.8) is 0 Å². The molecule has 0 heterocycles. The second-order valence-electron chi connectivity index (χ2n) is 5.59. The van der Waals surface area contributed by atoms with E-state index >= 15 is 0 Å². The van der Waals surface area contributed by atoms with Gasteiger partial charge in [-0.05, 0) is 55.5 Å². The van der Waals surface area contributed by atoms with Crippen molar-refractivity contribution in [2.24, 2.45) is 0 Å². The lowest BCUT2D eigenvalue weighted by molar-refractivity contribution is 0.0936. The molecule has 20 heavy (non-hydrogen) atoms. The van der Waals surface area contributed by atoms with Gasteiger partial charge in [-0.2, -0.15) is 0 Å². The Labute approximate surface area is 119 Å². The van der Waals surface area contributed by atoms with Gasteiger partial charge in [-0.3, -0.25) is 4.79 Å². The summed E-state index contributed by atoms with van der Waals surface area (Å²) < 4.78 is 0. The number of aryl methyl sites for hydroxylation is 3. The van der Waals surface area contributed by atoms with Gasteiger partial charge in [0.15, 0.2) is 0 Å². The first-order valence-corrected chi connectivity index (χ1v) is 7.11. The maximum atomic E-state index is 12.3. The molecule has 0 aliphatic heterocycles. The maximum absolute atomic E-state index is 12.3. The normalized spacial score (nSPS) is 16.8. The maximum Gasteiger partial charge on any atom is 0.251 e. The Bertz CT molecular complexity index is 646. The SMILES string of the molecule is Cc1cc(C)c2c(c1)CCC2NC(=O)c1ccccc1. The highest BCUT2D eigenvalue weighted by atomic mass is 16.1. The molecule has 1 atom stereocenters. The smallest absolute Gasteiger partial charge is 0.251 e. The van der Waals surface area contributed by atoms with Crippen LogP contribution in [0.15, 0.2) is 42.5 Å². The van der Waals surface area contributed by atoms with Gasteiger partial charge in [0.25, 0.3) is 5.91 Å². The van der Waals surface area contributed by atoms with Crippen LogP contribution in [0.3, 0.4) is 0 Å². The van der Waals surface area contributed by atoms with Gasteiger partial charge in [0, 0.05) is 5.56 Å². The van der Waals surface area contributed by atoms with E-state index in [9.17, 15) is 4.79 Å². The summed E-state index contributed by atoms with van der Waals surface area (Å²) in [5.74, 6) is 0.0171. The number of hydrogen-bond acceptors (Lipinski definition) is 1. The van der Waals surface area contributed by atoms with Gasteiger partial charge in [-0.1, -0.05) is 35.9 Å². The lowest BCUT2D eigenvalue weighted by atomic mass is 9.99. The summed E-state index contributed by atoms with van der Waals surface area (Å²) in [6.45, 7) is 4.27. The number of hydrogen-bond donors (Lipinski definition) is 1.